The summed E-state index contributed by atoms with van der Waals surface area (Å²) in [6.07, 6.45) is -1.77. The number of allylic oxidation sites excluding steroid dienone is 1. The van der Waals surface area contributed by atoms with Crippen LogP contribution in [0.15, 0.2) is 35.5 Å². The fourth-order valence-corrected chi connectivity index (χ4v) is 2.21. The lowest BCUT2D eigenvalue weighted by molar-refractivity contribution is -0.140. The molecule has 6 N–H and O–H groups in total. The van der Waals surface area contributed by atoms with Crippen molar-refractivity contribution in [3.05, 3.63) is 35.5 Å². The first-order chi connectivity index (χ1) is 10.7. The van der Waals surface area contributed by atoms with Gasteiger partial charge in [0.05, 0.1) is 0 Å². The standard InChI is InChI=1S/C14H19NO8/c1-3-4-7-10(19)9(15-6(2)17)13(11(20)8(18)5-16)23-12(7)14(21)22/h3,9-10,13,16,18-20H,1,4-5H2,2H3,(H,15,17)(H,21,22)/b11-8+/t9-,10+,13-/m1/s1. The summed E-state index contributed by atoms with van der Waals surface area (Å²) in [5, 5.41) is 50.1. The van der Waals surface area contributed by atoms with E-state index in [1.807, 2.05) is 0 Å². The van der Waals surface area contributed by atoms with E-state index in [1.54, 1.807) is 0 Å². The number of carbonyl (C=O) groups excluding carboxylic acids is 1. The third-order valence-corrected chi connectivity index (χ3v) is 3.20. The molecule has 0 saturated heterocycles. The average molecular weight is 329 g/mol. The van der Waals surface area contributed by atoms with E-state index in [4.69, 9.17) is 9.84 Å². The van der Waals surface area contributed by atoms with Gasteiger partial charge in [0.1, 0.15) is 18.8 Å². The summed E-state index contributed by atoms with van der Waals surface area (Å²) in [6.45, 7) is 3.67. The Morgan fingerprint density at radius 3 is 2.39 bits per heavy atom. The molecule has 0 aliphatic carbocycles. The van der Waals surface area contributed by atoms with Crippen molar-refractivity contribution in [2.24, 2.45) is 0 Å². The van der Waals surface area contributed by atoms with Gasteiger partial charge in [0.15, 0.2) is 17.6 Å². The molecule has 0 spiro atoms. The van der Waals surface area contributed by atoms with Crippen LogP contribution in [0.25, 0.3) is 0 Å². The second-order valence-electron chi connectivity index (χ2n) is 4.85. The van der Waals surface area contributed by atoms with Crippen molar-refractivity contribution >= 4 is 11.9 Å². The van der Waals surface area contributed by atoms with Gasteiger partial charge in [-0.1, -0.05) is 6.08 Å². The molecule has 0 saturated carbocycles. The number of carboxylic acids is 1. The molecule has 1 heterocycles. The van der Waals surface area contributed by atoms with Gasteiger partial charge >= 0.3 is 5.97 Å². The molecule has 128 valence electrons. The van der Waals surface area contributed by atoms with E-state index in [2.05, 4.69) is 11.9 Å². The first kappa shape index (κ1) is 18.5. The van der Waals surface area contributed by atoms with Crippen molar-refractivity contribution in [1.82, 2.24) is 5.32 Å². The lowest BCUT2D eigenvalue weighted by Gasteiger charge is -2.37. The predicted molar refractivity (Wildman–Crippen MR) is 77.3 cm³/mol. The maximum atomic E-state index is 11.3. The highest BCUT2D eigenvalue weighted by Gasteiger charge is 2.44. The Balaban J connectivity index is 3.42. The molecule has 0 aromatic carbocycles. The SMILES string of the molecule is C=CCC1=C(C(=O)O)O[C@@H](/C(O)=C(\O)CO)[C@H](NC(C)=O)[C@H]1O. The Morgan fingerprint density at radius 2 is 1.96 bits per heavy atom. The summed E-state index contributed by atoms with van der Waals surface area (Å²) in [7, 11) is 0. The van der Waals surface area contributed by atoms with Crippen molar-refractivity contribution in [2.45, 2.75) is 31.6 Å². The quantitative estimate of drug-likeness (QED) is 0.281. The summed E-state index contributed by atoms with van der Waals surface area (Å²) in [5.41, 5.74) is -0.0428. The lowest BCUT2D eigenvalue weighted by atomic mass is 9.90. The first-order valence-corrected chi connectivity index (χ1v) is 6.65. The Morgan fingerprint density at radius 1 is 1.35 bits per heavy atom. The number of carboxylic acid groups (broad SMARTS) is 1. The van der Waals surface area contributed by atoms with Gasteiger partial charge < -0.3 is 35.6 Å². The van der Waals surface area contributed by atoms with Crippen LogP contribution in [0.4, 0.5) is 0 Å². The molecule has 0 unspecified atom stereocenters. The molecule has 9 heteroatoms. The van der Waals surface area contributed by atoms with Gasteiger partial charge in [0.2, 0.25) is 11.7 Å². The number of nitrogens with one attached hydrogen (secondary N) is 1. The van der Waals surface area contributed by atoms with Gasteiger partial charge in [-0.25, -0.2) is 4.79 Å². The van der Waals surface area contributed by atoms with Crippen LogP contribution in [0.5, 0.6) is 0 Å². The summed E-state index contributed by atoms with van der Waals surface area (Å²) in [5.74, 6) is -4.45. The molecule has 0 bridgehead atoms. The maximum Gasteiger partial charge on any atom is 0.371 e. The fraction of sp³-hybridized carbons (Fsp3) is 0.429. The minimum atomic E-state index is -1.58. The Labute approximate surface area is 131 Å². The molecule has 1 aliphatic rings. The summed E-state index contributed by atoms with van der Waals surface area (Å²) < 4.78 is 5.16. The van der Waals surface area contributed by atoms with Crippen LogP contribution in [0.1, 0.15) is 13.3 Å². The summed E-state index contributed by atoms with van der Waals surface area (Å²) >= 11 is 0. The van der Waals surface area contributed by atoms with Gasteiger partial charge in [-0.05, 0) is 6.42 Å². The number of hydrogen-bond acceptors (Lipinski definition) is 7. The molecule has 1 rings (SSSR count). The number of hydrogen-bond donors (Lipinski definition) is 6. The van der Waals surface area contributed by atoms with Gasteiger partial charge in [0.25, 0.3) is 0 Å². The largest absolute Gasteiger partial charge is 0.506 e. The number of ether oxygens (including phenoxy) is 1. The molecule has 1 aliphatic heterocycles. The second-order valence-corrected chi connectivity index (χ2v) is 4.85. The Hall–Kier alpha value is -2.52. The van der Waals surface area contributed by atoms with E-state index in [0.29, 0.717) is 0 Å². The number of rotatable bonds is 6. The van der Waals surface area contributed by atoms with Crippen LogP contribution < -0.4 is 5.32 Å². The number of carbonyl (C=O) groups is 2. The van der Waals surface area contributed by atoms with E-state index >= 15 is 0 Å². The smallest absolute Gasteiger partial charge is 0.371 e. The van der Waals surface area contributed by atoms with Gasteiger partial charge in [-0.15, -0.1) is 6.58 Å². The van der Waals surface area contributed by atoms with Crippen molar-refractivity contribution in [2.75, 3.05) is 6.61 Å². The molecule has 0 aromatic heterocycles. The highest BCUT2D eigenvalue weighted by molar-refractivity contribution is 5.86. The predicted octanol–water partition coefficient (Wildman–Crippen LogP) is -0.514. The van der Waals surface area contributed by atoms with E-state index in [-0.39, 0.29) is 12.0 Å². The van der Waals surface area contributed by atoms with Crippen LogP contribution >= 0.6 is 0 Å². The summed E-state index contributed by atoms with van der Waals surface area (Å²) in [6, 6.07) is -1.26. The summed E-state index contributed by atoms with van der Waals surface area (Å²) in [4.78, 5) is 22.6. The monoisotopic (exact) mass is 329 g/mol. The zero-order chi connectivity index (χ0) is 17.7. The van der Waals surface area contributed by atoms with Crippen molar-refractivity contribution in [3.63, 3.8) is 0 Å². The highest BCUT2D eigenvalue weighted by Crippen LogP contribution is 2.31. The Bertz CT molecular complexity index is 565. The maximum absolute atomic E-state index is 11.3. The van der Waals surface area contributed by atoms with E-state index in [9.17, 15) is 30.0 Å². The third-order valence-electron chi connectivity index (χ3n) is 3.20. The van der Waals surface area contributed by atoms with Crippen LogP contribution in [0.2, 0.25) is 0 Å². The number of amides is 1. The van der Waals surface area contributed by atoms with Crippen LogP contribution in [0, 0.1) is 0 Å². The molecule has 23 heavy (non-hydrogen) atoms. The van der Waals surface area contributed by atoms with Gasteiger partial charge in [0, 0.05) is 12.5 Å². The van der Waals surface area contributed by atoms with Crippen molar-refractivity contribution < 1.29 is 39.9 Å². The van der Waals surface area contributed by atoms with Crippen LogP contribution in [-0.4, -0.2) is 62.3 Å². The minimum Gasteiger partial charge on any atom is -0.506 e. The molecular weight excluding hydrogens is 310 g/mol. The number of aliphatic hydroxyl groups excluding tert-OH is 4. The topological polar surface area (TPSA) is 157 Å². The fourth-order valence-electron chi connectivity index (χ4n) is 2.21. The van der Waals surface area contributed by atoms with E-state index < -0.39 is 54.0 Å². The molecule has 1 amide bonds. The van der Waals surface area contributed by atoms with E-state index in [1.165, 1.54) is 6.08 Å². The van der Waals surface area contributed by atoms with Crippen LogP contribution in [-0.2, 0) is 14.3 Å². The lowest BCUT2D eigenvalue weighted by Crippen LogP contribution is -2.55. The first-order valence-electron chi connectivity index (χ1n) is 6.65. The third kappa shape index (κ3) is 4.02. The van der Waals surface area contributed by atoms with Gasteiger partial charge in [-0.3, -0.25) is 4.79 Å². The molecule has 0 fully saturated rings. The highest BCUT2D eigenvalue weighted by atomic mass is 16.5. The number of aliphatic carboxylic acids is 1. The van der Waals surface area contributed by atoms with Gasteiger partial charge in [-0.2, -0.15) is 0 Å². The zero-order valence-corrected chi connectivity index (χ0v) is 12.4. The molecule has 9 nitrogen and oxygen atoms in total. The molecular formula is C14H19NO8. The van der Waals surface area contributed by atoms with Crippen molar-refractivity contribution in [1.29, 1.82) is 0 Å². The number of aliphatic hydroxyl groups is 4. The second kappa shape index (κ2) is 7.65. The minimum absolute atomic E-state index is 0.0257. The molecule has 0 aromatic rings. The Kier molecular flexibility index (Phi) is 6.17. The van der Waals surface area contributed by atoms with Crippen LogP contribution in [0.3, 0.4) is 0 Å². The normalized spacial score (nSPS) is 25.3. The molecule has 3 atom stereocenters. The van der Waals surface area contributed by atoms with Crippen molar-refractivity contribution in [3.8, 4) is 0 Å². The average Bonchev–Trinajstić information content (AvgIpc) is 2.49. The van der Waals surface area contributed by atoms with E-state index in [0.717, 1.165) is 6.92 Å². The zero-order valence-electron chi connectivity index (χ0n) is 12.4. The molecule has 0 radical (unpaired) electrons.